The summed E-state index contributed by atoms with van der Waals surface area (Å²) in [6.45, 7) is 5.12. The SMILES string of the molecule is COC1=NCN(c2ccc3nc(C4CC(N(C)C(C)C)C4)sc3c2)C=C1. The second-order valence-electron chi connectivity index (χ2n) is 7.41. The van der Waals surface area contributed by atoms with Crippen LogP contribution < -0.4 is 4.90 Å². The van der Waals surface area contributed by atoms with Crippen LogP contribution in [0.3, 0.4) is 0 Å². The highest BCUT2D eigenvalue weighted by atomic mass is 32.1. The summed E-state index contributed by atoms with van der Waals surface area (Å²) in [5.74, 6) is 1.29. The first-order valence-corrected chi connectivity index (χ1v) is 10.0. The molecule has 0 amide bonds. The van der Waals surface area contributed by atoms with Gasteiger partial charge in [-0.2, -0.15) is 0 Å². The minimum Gasteiger partial charge on any atom is -0.481 e. The molecular weight excluding hydrogens is 344 g/mol. The summed E-state index contributed by atoms with van der Waals surface area (Å²) in [6, 6.07) is 7.79. The third kappa shape index (κ3) is 3.23. The van der Waals surface area contributed by atoms with E-state index in [9.17, 15) is 0 Å². The molecular formula is C20H26N4OS. The van der Waals surface area contributed by atoms with E-state index in [0.717, 1.165) is 11.2 Å². The van der Waals surface area contributed by atoms with Gasteiger partial charge in [0, 0.05) is 36.0 Å². The van der Waals surface area contributed by atoms with Gasteiger partial charge >= 0.3 is 0 Å². The number of aromatic nitrogens is 1. The molecule has 0 N–H and O–H groups in total. The van der Waals surface area contributed by atoms with Crippen LogP contribution in [-0.4, -0.2) is 48.7 Å². The molecule has 6 heteroatoms. The van der Waals surface area contributed by atoms with Gasteiger partial charge < -0.3 is 14.5 Å². The number of anilines is 1. The molecule has 0 unspecified atom stereocenters. The lowest BCUT2D eigenvalue weighted by Gasteiger charge is -2.42. The van der Waals surface area contributed by atoms with Crippen LogP contribution in [0, 0.1) is 0 Å². The van der Waals surface area contributed by atoms with E-state index in [4.69, 9.17) is 9.72 Å². The number of fused-ring (bicyclic) bond motifs is 1. The molecule has 0 spiro atoms. The van der Waals surface area contributed by atoms with Gasteiger partial charge in [-0.1, -0.05) is 0 Å². The van der Waals surface area contributed by atoms with Crippen molar-refractivity contribution in [3.05, 3.63) is 35.5 Å². The molecule has 4 rings (SSSR count). The molecule has 1 fully saturated rings. The van der Waals surface area contributed by atoms with Crippen molar-refractivity contribution in [3.63, 3.8) is 0 Å². The lowest BCUT2D eigenvalue weighted by atomic mass is 9.79. The Bertz CT molecular complexity index is 851. The number of hydrogen-bond donors (Lipinski definition) is 0. The molecule has 0 radical (unpaired) electrons. The third-order valence-electron chi connectivity index (χ3n) is 5.56. The number of rotatable bonds is 4. The number of ether oxygens (including phenoxy) is 1. The highest BCUT2D eigenvalue weighted by molar-refractivity contribution is 7.18. The number of nitrogens with zero attached hydrogens (tertiary/aromatic N) is 4. The standard InChI is InChI=1S/C20H26N4OS/c1-13(2)23(3)16-9-14(10-16)20-22-17-6-5-15(11-18(17)26-20)24-8-7-19(25-4)21-12-24/h5-8,11,13-14,16H,9-10,12H2,1-4H3. The van der Waals surface area contributed by atoms with Crippen molar-refractivity contribution in [2.75, 3.05) is 25.7 Å². The Morgan fingerprint density at radius 3 is 2.77 bits per heavy atom. The van der Waals surface area contributed by atoms with Crippen LogP contribution in [0.1, 0.15) is 37.6 Å². The first-order chi connectivity index (χ1) is 12.5. The van der Waals surface area contributed by atoms with Crippen molar-refractivity contribution in [2.45, 2.75) is 44.7 Å². The highest BCUT2D eigenvalue weighted by Gasteiger charge is 2.35. The average molecular weight is 371 g/mol. The molecule has 0 saturated heterocycles. The van der Waals surface area contributed by atoms with Gasteiger partial charge in [0.05, 0.1) is 22.3 Å². The maximum atomic E-state index is 5.16. The first-order valence-electron chi connectivity index (χ1n) is 9.21. The summed E-state index contributed by atoms with van der Waals surface area (Å²) in [7, 11) is 3.88. The number of benzene rings is 1. The van der Waals surface area contributed by atoms with Gasteiger partial charge in [0.25, 0.3) is 0 Å². The van der Waals surface area contributed by atoms with E-state index in [-0.39, 0.29) is 0 Å². The molecule has 5 nitrogen and oxygen atoms in total. The molecule has 0 bridgehead atoms. The topological polar surface area (TPSA) is 41.0 Å². The van der Waals surface area contributed by atoms with Crippen LogP contribution in [0.4, 0.5) is 5.69 Å². The number of aliphatic imine (C=N–C) groups is 1. The van der Waals surface area contributed by atoms with E-state index < -0.39 is 0 Å². The summed E-state index contributed by atoms with van der Waals surface area (Å²) in [4.78, 5) is 13.9. The zero-order valence-electron chi connectivity index (χ0n) is 15.8. The fraction of sp³-hybridized carbons (Fsp3) is 0.500. The van der Waals surface area contributed by atoms with Crippen molar-refractivity contribution < 1.29 is 4.74 Å². The monoisotopic (exact) mass is 370 g/mol. The normalized spacial score (nSPS) is 22.8. The Morgan fingerprint density at radius 1 is 1.31 bits per heavy atom. The zero-order valence-corrected chi connectivity index (χ0v) is 16.7. The molecule has 1 aromatic heterocycles. The van der Waals surface area contributed by atoms with Gasteiger partial charge in [-0.05, 0) is 51.9 Å². The zero-order chi connectivity index (χ0) is 18.3. The number of thiazole rings is 1. The molecule has 1 saturated carbocycles. The van der Waals surface area contributed by atoms with Gasteiger partial charge in [-0.15, -0.1) is 11.3 Å². The van der Waals surface area contributed by atoms with Crippen LogP contribution in [0.5, 0.6) is 0 Å². The second-order valence-corrected chi connectivity index (χ2v) is 8.48. The quantitative estimate of drug-likeness (QED) is 0.808. The van der Waals surface area contributed by atoms with Crippen molar-refractivity contribution >= 4 is 33.1 Å². The van der Waals surface area contributed by atoms with Crippen molar-refractivity contribution in [1.29, 1.82) is 0 Å². The minimum absolute atomic E-state index is 0.586. The van der Waals surface area contributed by atoms with E-state index in [1.165, 1.54) is 22.5 Å². The molecule has 26 heavy (non-hydrogen) atoms. The summed E-state index contributed by atoms with van der Waals surface area (Å²) >= 11 is 1.85. The Morgan fingerprint density at radius 2 is 2.12 bits per heavy atom. The van der Waals surface area contributed by atoms with Crippen molar-refractivity contribution in [2.24, 2.45) is 4.99 Å². The van der Waals surface area contributed by atoms with E-state index in [2.05, 4.69) is 53.9 Å². The van der Waals surface area contributed by atoms with Crippen LogP contribution in [-0.2, 0) is 4.74 Å². The summed E-state index contributed by atoms with van der Waals surface area (Å²) in [5, 5.41) is 1.29. The van der Waals surface area contributed by atoms with Crippen LogP contribution in [0.15, 0.2) is 35.5 Å². The number of hydrogen-bond acceptors (Lipinski definition) is 6. The van der Waals surface area contributed by atoms with Gasteiger partial charge in [-0.25, -0.2) is 9.98 Å². The Labute approximate surface area is 159 Å². The molecule has 1 aromatic carbocycles. The van der Waals surface area contributed by atoms with Gasteiger partial charge in [0.1, 0.15) is 6.67 Å². The average Bonchev–Trinajstić information content (AvgIpc) is 3.02. The Kier molecular flexibility index (Phi) is 4.71. The van der Waals surface area contributed by atoms with Crippen molar-refractivity contribution in [1.82, 2.24) is 9.88 Å². The van der Waals surface area contributed by atoms with Crippen LogP contribution in [0.25, 0.3) is 10.2 Å². The summed E-state index contributed by atoms with van der Waals surface area (Å²) in [5.41, 5.74) is 2.25. The lowest BCUT2D eigenvalue weighted by Crippen LogP contribution is -2.44. The molecule has 1 aliphatic carbocycles. The summed E-state index contributed by atoms with van der Waals surface area (Å²) < 4.78 is 6.42. The second kappa shape index (κ2) is 7.00. The van der Waals surface area contributed by atoms with Crippen LogP contribution in [0.2, 0.25) is 0 Å². The smallest absolute Gasteiger partial charge is 0.211 e. The fourth-order valence-electron chi connectivity index (χ4n) is 3.53. The van der Waals surface area contributed by atoms with E-state index in [1.54, 1.807) is 7.11 Å². The minimum atomic E-state index is 0.586. The van der Waals surface area contributed by atoms with Gasteiger partial charge in [0.15, 0.2) is 0 Å². The maximum absolute atomic E-state index is 5.16. The number of methoxy groups -OCH3 is 1. The van der Waals surface area contributed by atoms with Gasteiger partial charge in [-0.3, -0.25) is 0 Å². The molecule has 1 aliphatic heterocycles. The van der Waals surface area contributed by atoms with E-state index in [1.807, 2.05) is 23.6 Å². The molecule has 138 valence electrons. The largest absolute Gasteiger partial charge is 0.481 e. The van der Waals surface area contributed by atoms with Crippen molar-refractivity contribution in [3.8, 4) is 0 Å². The molecule has 2 heterocycles. The van der Waals surface area contributed by atoms with E-state index >= 15 is 0 Å². The predicted molar refractivity (Wildman–Crippen MR) is 109 cm³/mol. The third-order valence-corrected chi connectivity index (χ3v) is 6.74. The molecule has 2 aliphatic rings. The van der Waals surface area contributed by atoms with E-state index in [0.29, 0.717) is 30.6 Å². The highest BCUT2D eigenvalue weighted by Crippen LogP contribution is 2.43. The first kappa shape index (κ1) is 17.5. The Hall–Kier alpha value is -1.92. The fourth-order valence-corrected chi connectivity index (χ4v) is 4.65. The van der Waals surface area contributed by atoms with Gasteiger partial charge in [0.2, 0.25) is 5.90 Å². The lowest BCUT2D eigenvalue weighted by molar-refractivity contribution is 0.108. The maximum Gasteiger partial charge on any atom is 0.211 e. The molecule has 0 atom stereocenters. The summed E-state index contributed by atoms with van der Waals surface area (Å²) in [6.07, 6.45) is 6.37. The molecule has 2 aromatic rings. The Balaban J connectivity index is 1.47. The predicted octanol–water partition coefficient (Wildman–Crippen LogP) is 4.22. The van der Waals surface area contributed by atoms with Crippen LogP contribution >= 0.6 is 11.3 Å².